The molecule has 3 aliphatic rings. The van der Waals surface area contributed by atoms with Crippen LogP contribution < -0.4 is 16.4 Å². The second-order valence-electron chi connectivity index (χ2n) is 8.54. The molecule has 3 fully saturated rings. The smallest absolute Gasteiger partial charge is 0.475 e. The Hall–Kier alpha value is -3.16. The highest BCUT2D eigenvalue weighted by molar-refractivity contribution is 6.03. The number of alkyl halides is 3. The first-order valence-corrected chi connectivity index (χ1v) is 10.5. The topological polar surface area (TPSA) is 174 Å². The van der Waals surface area contributed by atoms with E-state index >= 15 is 0 Å². The van der Waals surface area contributed by atoms with E-state index < -0.39 is 29.6 Å². The maximum absolute atomic E-state index is 12.6. The number of nitrogens with zero attached hydrogens (tertiary/aromatic N) is 1. The van der Waals surface area contributed by atoms with Crippen molar-refractivity contribution in [3.63, 3.8) is 0 Å². The van der Waals surface area contributed by atoms with Gasteiger partial charge in [-0.25, -0.2) is 9.59 Å². The molecule has 5 N–H and O–H groups in total. The molecule has 190 valence electrons. The number of carbonyl (C=O) groups excluding carboxylic acids is 3. The zero-order valence-corrected chi connectivity index (χ0v) is 18.8. The molecule has 0 radical (unpaired) electrons. The minimum absolute atomic E-state index is 0.0138. The first-order chi connectivity index (χ1) is 15.7. The standard InChI is InChI=1S/C18H26N4O5.C2HF3O2/c1-4-10(3)12(19)13(23)22-18-7-17(8-18,9-18)16(25)21-14-11(6-20-27-14)15(24)26-5-2;3-2(4,5)1(6)7/h6,10,12H,4-5,7-9,19H2,1-3H3,(H,21,25)(H,22,23);(H,6,7)/t10-,12?,17?,18?;/m1./s1. The Morgan fingerprint density at radius 3 is 2.29 bits per heavy atom. The number of rotatable bonds is 8. The average molecular weight is 492 g/mol. The molecular weight excluding hydrogens is 465 g/mol. The molecule has 3 aliphatic carbocycles. The number of aromatic nitrogens is 1. The number of carbonyl (C=O) groups is 4. The van der Waals surface area contributed by atoms with Crippen LogP contribution in [0.5, 0.6) is 0 Å². The highest BCUT2D eigenvalue weighted by Crippen LogP contribution is 2.67. The van der Waals surface area contributed by atoms with Crippen LogP contribution in [0.3, 0.4) is 0 Å². The maximum atomic E-state index is 12.6. The monoisotopic (exact) mass is 492 g/mol. The van der Waals surface area contributed by atoms with Gasteiger partial charge in [-0.1, -0.05) is 25.4 Å². The summed E-state index contributed by atoms with van der Waals surface area (Å²) >= 11 is 0. The zero-order valence-electron chi connectivity index (χ0n) is 18.8. The molecule has 1 aromatic rings. The minimum Gasteiger partial charge on any atom is -0.475 e. The van der Waals surface area contributed by atoms with E-state index in [4.69, 9.17) is 24.9 Å². The molecule has 2 bridgehead atoms. The van der Waals surface area contributed by atoms with Crippen molar-refractivity contribution in [3.05, 3.63) is 11.8 Å². The number of halogens is 3. The average Bonchev–Trinajstić information content (AvgIpc) is 3.16. The Morgan fingerprint density at radius 2 is 1.82 bits per heavy atom. The largest absolute Gasteiger partial charge is 0.490 e. The molecule has 3 saturated carbocycles. The van der Waals surface area contributed by atoms with Crippen molar-refractivity contribution in [1.29, 1.82) is 0 Å². The number of hydrogen-bond acceptors (Lipinski definition) is 8. The van der Waals surface area contributed by atoms with Crippen LogP contribution in [0.15, 0.2) is 10.7 Å². The third-order valence-electron chi connectivity index (χ3n) is 6.00. The lowest BCUT2D eigenvalue weighted by atomic mass is 9.39. The van der Waals surface area contributed by atoms with Crippen molar-refractivity contribution < 1.29 is 46.7 Å². The Kier molecular flexibility index (Phi) is 7.96. The van der Waals surface area contributed by atoms with Gasteiger partial charge in [0.25, 0.3) is 0 Å². The van der Waals surface area contributed by atoms with E-state index in [2.05, 4.69) is 15.8 Å². The Morgan fingerprint density at radius 1 is 1.26 bits per heavy atom. The van der Waals surface area contributed by atoms with Gasteiger partial charge >= 0.3 is 18.1 Å². The van der Waals surface area contributed by atoms with E-state index in [1.54, 1.807) is 6.92 Å². The van der Waals surface area contributed by atoms with Gasteiger partial charge in [-0.3, -0.25) is 14.9 Å². The third-order valence-corrected chi connectivity index (χ3v) is 6.00. The fourth-order valence-corrected chi connectivity index (χ4v) is 3.94. The van der Waals surface area contributed by atoms with Crippen molar-refractivity contribution in [2.75, 3.05) is 11.9 Å². The van der Waals surface area contributed by atoms with Crippen LogP contribution in [0, 0.1) is 11.3 Å². The van der Waals surface area contributed by atoms with E-state index in [1.807, 2.05) is 13.8 Å². The number of carboxylic acids is 1. The normalized spacial score (nSPS) is 24.2. The van der Waals surface area contributed by atoms with Crippen molar-refractivity contribution in [3.8, 4) is 0 Å². The van der Waals surface area contributed by atoms with Crippen LogP contribution >= 0.6 is 0 Å². The summed E-state index contributed by atoms with van der Waals surface area (Å²) in [6.45, 7) is 5.83. The van der Waals surface area contributed by atoms with E-state index in [1.165, 1.54) is 6.20 Å². The van der Waals surface area contributed by atoms with Gasteiger partial charge in [0.15, 0.2) is 0 Å². The molecule has 1 heterocycles. The maximum Gasteiger partial charge on any atom is 0.490 e. The third kappa shape index (κ3) is 5.66. The lowest BCUT2D eigenvalue weighted by molar-refractivity contribution is -0.192. The summed E-state index contributed by atoms with van der Waals surface area (Å²) in [5, 5.41) is 16.3. The van der Waals surface area contributed by atoms with Gasteiger partial charge in [0, 0.05) is 5.54 Å². The van der Waals surface area contributed by atoms with Gasteiger partial charge < -0.3 is 25.4 Å². The number of hydrogen-bond donors (Lipinski definition) is 4. The Bertz CT molecular complexity index is 927. The van der Waals surface area contributed by atoms with E-state index in [0.29, 0.717) is 19.3 Å². The summed E-state index contributed by atoms with van der Waals surface area (Å²) in [6, 6.07) is -0.546. The predicted octanol–water partition coefficient (Wildman–Crippen LogP) is 1.84. The van der Waals surface area contributed by atoms with Crippen LogP contribution in [0.4, 0.5) is 19.1 Å². The van der Waals surface area contributed by atoms with Gasteiger partial charge in [-0.2, -0.15) is 13.2 Å². The highest BCUT2D eigenvalue weighted by atomic mass is 19.4. The van der Waals surface area contributed by atoms with Gasteiger partial charge in [0.1, 0.15) is 5.56 Å². The van der Waals surface area contributed by atoms with Crippen LogP contribution in [-0.2, 0) is 19.1 Å². The van der Waals surface area contributed by atoms with E-state index in [0.717, 1.165) is 6.42 Å². The molecule has 2 atom stereocenters. The number of esters is 1. The number of aliphatic carboxylic acids is 1. The number of nitrogens with two attached hydrogens (primary N) is 1. The number of anilines is 1. The fraction of sp³-hybridized carbons (Fsp3) is 0.650. The molecule has 0 saturated heterocycles. The number of ether oxygens (including phenoxy) is 1. The summed E-state index contributed by atoms with van der Waals surface area (Å²) < 4.78 is 41.6. The van der Waals surface area contributed by atoms with E-state index in [-0.39, 0.29) is 41.3 Å². The molecule has 14 heteroatoms. The Balaban J connectivity index is 0.000000509. The molecule has 34 heavy (non-hydrogen) atoms. The number of nitrogens with one attached hydrogen (secondary N) is 2. The molecule has 0 spiro atoms. The molecule has 1 aromatic heterocycles. The molecular formula is C20H27F3N4O7. The summed E-state index contributed by atoms with van der Waals surface area (Å²) in [5.74, 6) is -3.69. The molecule has 0 aliphatic heterocycles. The zero-order chi connectivity index (χ0) is 25.9. The summed E-state index contributed by atoms with van der Waals surface area (Å²) in [4.78, 5) is 45.6. The van der Waals surface area contributed by atoms with Crippen LogP contribution in [0.25, 0.3) is 0 Å². The molecule has 11 nitrogen and oxygen atoms in total. The predicted molar refractivity (Wildman–Crippen MR) is 109 cm³/mol. The minimum atomic E-state index is -5.08. The van der Waals surface area contributed by atoms with Gasteiger partial charge in [-0.05, 0) is 32.1 Å². The van der Waals surface area contributed by atoms with Gasteiger partial charge in [0.05, 0.1) is 24.3 Å². The number of carboxylic acid groups (broad SMARTS) is 1. The first-order valence-electron chi connectivity index (χ1n) is 10.5. The molecule has 0 aromatic carbocycles. The van der Waals surface area contributed by atoms with Crippen LogP contribution in [0.1, 0.15) is 56.8 Å². The van der Waals surface area contributed by atoms with Crippen LogP contribution in [0.2, 0.25) is 0 Å². The number of amides is 2. The van der Waals surface area contributed by atoms with Crippen LogP contribution in [-0.4, -0.2) is 58.4 Å². The summed E-state index contributed by atoms with van der Waals surface area (Å²) in [5.41, 5.74) is 5.16. The molecule has 1 unspecified atom stereocenters. The second-order valence-corrected chi connectivity index (χ2v) is 8.54. The Labute approximate surface area is 192 Å². The lowest BCUT2D eigenvalue weighted by Crippen LogP contribution is -2.78. The van der Waals surface area contributed by atoms with Gasteiger partial charge in [-0.15, -0.1) is 0 Å². The van der Waals surface area contributed by atoms with Crippen molar-refractivity contribution in [2.24, 2.45) is 17.1 Å². The van der Waals surface area contributed by atoms with Crippen molar-refractivity contribution in [1.82, 2.24) is 10.5 Å². The van der Waals surface area contributed by atoms with Gasteiger partial charge in [0.2, 0.25) is 17.7 Å². The quantitative estimate of drug-likeness (QED) is 0.395. The highest BCUT2D eigenvalue weighted by Gasteiger charge is 2.72. The SMILES string of the molecule is CCOC(=O)c1cnoc1NC(=O)C12CC(NC(=O)C(N)[C@H](C)CC)(C1)C2.O=C(O)C(F)(F)F. The van der Waals surface area contributed by atoms with Crippen molar-refractivity contribution in [2.45, 2.75) is 64.2 Å². The summed E-state index contributed by atoms with van der Waals surface area (Å²) in [6.07, 6.45) is -1.39. The molecule has 2 amide bonds. The fourth-order valence-electron chi connectivity index (χ4n) is 3.94. The van der Waals surface area contributed by atoms with Crippen molar-refractivity contribution >= 4 is 29.6 Å². The van der Waals surface area contributed by atoms with E-state index in [9.17, 15) is 27.6 Å². The summed E-state index contributed by atoms with van der Waals surface area (Å²) in [7, 11) is 0. The first kappa shape index (κ1) is 27.1. The second kappa shape index (κ2) is 9.99. The molecule has 4 rings (SSSR count). The lowest BCUT2D eigenvalue weighted by Gasteiger charge is -2.69.